The van der Waals surface area contributed by atoms with Crippen LogP contribution in [0.25, 0.3) is 11.4 Å². The average Bonchev–Trinajstić information content (AvgIpc) is 2.97. The predicted octanol–water partition coefficient (Wildman–Crippen LogP) is 0.290. The van der Waals surface area contributed by atoms with Crippen molar-refractivity contribution in [3.8, 4) is 11.4 Å². The van der Waals surface area contributed by atoms with Gasteiger partial charge in [0.25, 0.3) is 0 Å². The van der Waals surface area contributed by atoms with Crippen molar-refractivity contribution in [3.63, 3.8) is 0 Å². The lowest BCUT2D eigenvalue weighted by molar-refractivity contribution is -0.133. The molecule has 7 nitrogen and oxygen atoms in total. The number of nitrogens with two attached hydrogens (primary N) is 1. The third kappa shape index (κ3) is 3.25. The van der Waals surface area contributed by atoms with E-state index in [4.69, 9.17) is 5.73 Å². The van der Waals surface area contributed by atoms with Gasteiger partial charge in [0, 0.05) is 24.7 Å². The molecule has 1 aliphatic heterocycles. The molecule has 21 heavy (non-hydrogen) atoms. The molecule has 3 rings (SSSR count). The van der Waals surface area contributed by atoms with E-state index in [1.54, 1.807) is 0 Å². The van der Waals surface area contributed by atoms with Crippen LogP contribution < -0.4 is 5.73 Å². The van der Waals surface area contributed by atoms with Crippen LogP contribution in [-0.2, 0) is 11.3 Å². The van der Waals surface area contributed by atoms with Crippen LogP contribution in [-0.4, -0.2) is 50.1 Å². The Morgan fingerprint density at radius 2 is 1.95 bits per heavy atom. The minimum Gasteiger partial charge on any atom is -0.341 e. The Labute approximate surface area is 122 Å². The number of tetrazole rings is 1. The van der Waals surface area contributed by atoms with Crippen LogP contribution in [0, 0.1) is 0 Å². The number of carbonyl (C=O) groups is 1. The molecule has 2 N–H and O–H groups in total. The van der Waals surface area contributed by atoms with Crippen molar-refractivity contribution in [1.82, 2.24) is 25.1 Å². The number of benzene rings is 1. The molecule has 110 valence electrons. The van der Waals surface area contributed by atoms with Gasteiger partial charge in [0.15, 0.2) is 0 Å². The van der Waals surface area contributed by atoms with E-state index in [-0.39, 0.29) is 18.5 Å². The number of rotatable bonds is 3. The van der Waals surface area contributed by atoms with Gasteiger partial charge in [0.05, 0.1) is 0 Å². The minimum absolute atomic E-state index is 0.0129. The highest BCUT2D eigenvalue weighted by Gasteiger charge is 2.21. The van der Waals surface area contributed by atoms with Gasteiger partial charge in [0.2, 0.25) is 11.7 Å². The van der Waals surface area contributed by atoms with E-state index in [0.29, 0.717) is 18.9 Å². The first-order chi connectivity index (χ1) is 10.2. The Hall–Kier alpha value is -2.28. The number of carbonyl (C=O) groups excluding carboxylic acids is 1. The Kier molecular flexibility index (Phi) is 3.92. The maximum Gasteiger partial charge on any atom is 0.246 e. The van der Waals surface area contributed by atoms with Gasteiger partial charge in [-0.25, -0.2) is 0 Å². The maximum absolute atomic E-state index is 12.2. The van der Waals surface area contributed by atoms with Crippen molar-refractivity contribution in [2.24, 2.45) is 5.73 Å². The van der Waals surface area contributed by atoms with Crippen molar-refractivity contribution in [2.45, 2.75) is 25.4 Å². The van der Waals surface area contributed by atoms with E-state index in [1.165, 1.54) is 4.80 Å². The number of hydrogen-bond donors (Lipinski definition) is 1. The Morgan fingerprint density at radius 3 is 2.67 bits per heavy atom. The molecule has 0 bridgehead atoms. The molecular weight excluding hydrogens is 268 g/mol. The zero-order valence-corrected chi connectivity index (χ0v) is 11.7. The fraction of sp³-hybridized carbons (Fsp3) is 0.429. The second kappa shape index (κ2) is 6.01. The lowest BCUT2D eigenvalue weighted by Gasteiger charge is -2.29. The first kappa shape index (κ1) is 13.7. The molecule has 7 heteroatoms. The average molecular weight is 286 g/mol. The summed E-state index contributed by atoms with van der Waals surface area (Å²) in [4.78, 5) is 15.3. The van der Waals surface area contributed by atoms with Gasteiger partial charge in [-0.3, -0.25) is 4.79 Å². The van der Waals surface area contributed by atoms with Crippen molar-refractivity contribution < 1.29 is 4.79 Å². The van der Waals surface area contributed by atoms with Gasteiger partial charge < -0.3 is 10.6 Å². The molecule has 2 aromatic rings. The minimum atomic E-state index is 0.0129. The summed E-state index contributed by atoms with van der Waals surface area (Å²) in [5.74, 6) is 0.544. The maximum atomic E-state index is 12.2. The quantitative estimate of drug-likeness (QED) is 0.876. The van der Waals surface area contributed by atoms with Crippen molar-refractivity contribution in [1.29, 1.82) is 0 Å². The van der Waals surface area contributed by atoms with Gasteiger partial charge in [-0.1, -0.05) is 30.3 Å². The first-order valence-corrected chi connectivity index (χ1v) is 7.09. The summed E-state index contributed by atoms with van der Waals surface area (Å²) in [7, 11) is 0. The van der Waals surface area contributed by atoms with Crippen LogP contribution in [0.2, 0.25) is 0 Å². The lowest BCUT2D eigenvalue weighted by atomic mass is 10.1. The summed E-state index contributed by atoms with van der Waals surface area (Å²) >= 11 is 0. The predicted molar refractivity (Wildman–Crippen MR) is 77.0 cm³/mol. The fourth-order valence-electron chi connectivity index (χ4n) is 2.38. The van der Waals surface area contributed by atoms with Gasteiger partial charge in [-0.2, -0.15) is 4.80 Å². The molecule has 1 aromatic carbocycles. The third-order valence-electron chi connectivity index (χ3n) is 3.65. The molecule has 1 saturated heterocycles. The zero-order chi connectivity index (χ0) is 14.7. The molecule has 2 heterocycles. The number of hydrogen-bond acceptors (Lipinski definition) is 5. The van der Waals surface area contributed by atoms with Gasteiger partial charge in [-0.15, -0.1) is 10.2 Å². The first-order valence-electron chi connectivity index (χ1n) is 7.09. The van der Waals surface area contributed by atoms with Gasteiger partial charge in [-0.05, 0) is 18.1 Å². The lowest BCUT2D eigenvalue weighted by Crippen LogP contribution is -2.44. The number of nitrogens with zero attached hydrogens (tertiary/aromatic N) is 5. The number of likely N-dealkylation sites (tertiary alicyclic amines) is 1. The number of amides is 1. The summed E-state index contributed by atoms with van der Waals surface area (Å²) in [6, 6.07) is 9.79. The van der Waals surface area contributed by atoms with Gasteiger partial charge in [0.1, 0.15) is 6.54 Å². The number of aromatic nitrogens is 4. The molecule has 1 aromatic heterocycles. The Balaban J connectivity index is 1.63. The highest BCUT2D eigenvalue weighted by molar-refractivity contribution is 5.75. The summed E-state index contributed by atoms with van der Waals surface area (Å²) in [6.45, 7) is 1.54. The van der Waals surface area contributed by atoms with Crippen LogP contribution in [0.4, 0.5) is 0 Å². The van der Waals surface area contributed by atoms with Gasteiger partial charge >= 0.3 is 0 Å². The van der Waals surface area contributed by atoms with Crippen LogP contribution >= 0.6 is 0 Å². The largest absolute Gasteiger partial charge is 0.341 e. The summed E-state index contributed by atoms with van der Waals surface area (Å²) in [5, 5.41) is 12.2. The van der Waals surface area contributed by atoms with Crippen molar-refractivity contribution in [3.05, 3.63) is 30.3 Å². The van der Waals surface area contributed by atoms with Crippen LogP contribution in [0.3, 0.4) is 0 Å². The molecule has 1 fully saturated rings. The van der Waals surface area contributed by atoms with Crippen LogP contribution in [0.5, 0.6) is 0 Å². The highest BCUT2D eigenvalue weighted by Crippen LogP contribution is 2.12. The Bertz CT molecular complexity index is 603. The van der Waals surface area contributed by atoms with E-state index in [2.05, 4.69) is 15.4 Å². The molecule has 0 unspecified atom stereocenters. The smallest absolute Gasteiger partial charge is 0.246 e. The normalized spacial score (nSPS) is 16.1. The van der Waals surface area contributed by atoms with E-state index in [1.807, 2.05) is 35.2 Å². The van der Waals surface area contributed by atoms with E-state index < -0.39 is 0 Å². The SMILES string of the molecule is NC1CCN(C(=O)Cn2nnc(-c3ccccc3)n2)CC1. The molecule has 1 aliphatic rings. The Morgan fingerprint density at radius 1 is 1.24 bits per heavy atom. The molecule has 0 spiro atoms. The molecule has 0 aliphatic carbocycles. The topological polar surface area (TPSA) is 89.9 Å². The second-order valence-corrected chi connectivity index (χ2v) is 5.23. The molecular formula is C14H18N6O. The van der Waals surface area contributed by atoms with E-state index >= 15 is 0 Å². The van der Waals surface area contributed by atoms with E-state index in [0.717, 1.165) is 18.4 Å². The molecule has 0 saturated carbocycles. The standard InChI is InChI=1S/C14H18N6O/c15-12-6-8-19(9-7-12)13(21)10-20-17-14(16-18-20)11-4-2-1-3-5-11/h1-5,12H,6-10,15H2. The summed E-state index contributed by atoms with van der Waals surface area (Å²) < 4.78 is 0. The number of piperidine rings is 1. The van der Waals surface area contributed by atoms with Crippen molar-refractivity contribution in [2.75, 3.05) is 13.1 Å². The summed E-state index contributed by atoms with van der Waals surface area (Å²) in [6.07, 6.45) is 1.71. The zero-order valence-electron chi connectivity index (χ0n) is 11.7. The highest BCUT2D eigenvalue weighted by atomic mass is 16.2. The van der Waals surface area contributed by atoms with Crippen molar-refractivity contribution >= 4 is 5.91 Å². The molecule has 1 amide bonds. The monoisotopic (exact) mass is 286 g/mol. The van der Waals surface area contributed by atoms with Crippen LogP contribution in [0.1, 0.15) is 12.8 Å². The fourth-order valence-corrected chi connectivity index (χ4v) is 2.38. The third-order valence-corrected chi connectivity index (χ3v) is 3.65. The second-order valence-electron chi connectivity index (χ2n) is 5.23. The summed E-state index contributed by atoms with van der Waals surface area (Å²) in [5.41, 5.74) is 6.73. The molecule has 0 radical (unpaired) electrons. The molecule has 0 atom stereocenters. The van der Waals surface area contributed by atoms with Crippen LogP contribution in [0.15, 0.2) is 30.3 Å². The van der Waals surface area contributed by atoms with E-state index in [9.17, 15) is 4.79 Å².